The molecule has 0 spiro atoms. The number of carboxylic acid groups (broad SMARTS) is 1. The maximum absolute atomic E-state index is 13.8. The number of aryl methyl sites for hydroxylation is 1. The number of fused-ring (bicyclic) bond motifs is 1. The predicted molar refractivity (Wildman–Crippen MR) is 88.2 cm³/mol. The summed E-state index contributed by atoms with van der Waals surface area (Å²) in [5, 5.41) is 12.5. The lowest BCUT2D eigenvalue weighted by molar-refractivity contribution is 0.102. The Labute approximate surface area is 142 Å². The fourth-order valence-electron chi connectivity index (χ4n) is 2.87. The Balaban J connectivity index is 1.84. The number of nitrogens with one attached hydrogen (secondary N) is 1. The third kappa shape index (κ3) is 3.48. The van der Waals surface area contributed by atoms with E-state index in [0.717, 1.165) is 16.9 Å². The molecule has 128 valence electrons. The third-order valence-corrected chi connectivity index (χ3v) is 4.17. The number of aromatic nitrogens is 3. The van der Waals surface area contributed by atoms with E-state index in [1.807, 2.05) is 6.92 Å². The van der Waals surface area contributed by atoms with E-state index in [4.69, 9.17) is 16.7 Å². The van der Waals surface area contributed by atoms with Crippen molar-refractivity contribution < 1.29 is 14.3 Å². The number of amides is 1. The smallest absolute Gasteiger partial charge is 0.407 e. The third-order valence-electron chi connectivity index (χ3n) is 3.98. The number of piperidine rings is 1. The largest absolute Gasteiger partial charge is 0.465 e. The van der Waals surface area contributed by atoms with E-state index in [0.29, 0.717) is 22.1 Å². The van der Waals surface area contributed by atoms with Crippen LogP contribution in [0.25, 0.3) is 11.0 Å². The second-order valence-corrected chi connectivity index (χ2v) is 6.13. The molecule has 1 saturated heterocycles. The summed E-state index contributed by atoms with van der Waals surface area (Å²) < 4.78 is 13.8. The molecule has 2 aromatic rings. The van der Waals surface area contributed by atoms with Crippen LogP contribution in [0.3, 0.4) is 0 Å². The van der Waals surface area contributed by atoms with Crippen LogP contribution in [0, 0.1) is 0 Å². The van der Waals surface area contributed by atoms with Gasteiger partial charge in [-0.2, -0.15) is 0 Å². The minimum Gasteiger partial charge on any atom is -0.465 e. The van der Waals surface area contributed by atoms with Gasteiger partial charge in [0.25, 0.3) is 0 Å². The Bertz CT molecular complexity index is 775. The topological polar surface area (TPSA) is 91.2 Å². The summed E-state index contributed by atoms with van der Waals surface area (Å²) in [5.74, 6) is 0.325. The van der Waals surface area contributed by atoms with E-state index in [-0.39, 0.29) is 25.6 Å². The average Bonchev–Trinajstić information content (AvgIpc) is 2.53. The minimum atomic E-state index is -1.21. The first kappa shape index (κ1) is 16.6. The maximum atomic E-state index is 13.8. The molecule has 0 unspecified atom stereocenters. The Morgan fingerprint density at radius 1 is 1.50 bits per heavy atom. The van der Waals surface area contributed by atoms with Crippen molar-refractivity contribution in [2.24, 2.45) is 0 Å². The zero-order valence-electron chi connectivity index (χ0n) is 13.0. The SMILES string of the molecule is CCc1cc(Cl)nc2cnc(N[C@H]3C[C@H](F)CN(C(=O)O)C3)nc12. The molecule has 3 heterocycles. The fourth-order valence-corrected chi connectivity index (χ4v) is 3.10. The number of nitrogens with zero attached hydrogens (tertiary/aromatic N) is 4. The van der Waals surface area contributed by atoms with Crippen LogP contribution >= 0.6 is 11.6 Å². The first-order chi connectivity index (χ1) is 11.5. The summed E-state index contributed by atoms with van der Waals surface area (Å²) in [6.07, 6.45) is 0.165. The van der Waals surface area contributed by atoms with Crippen molar-refractivity contribution in [3.05, 3.63) is 23.0 Å². The number of alkyl halides is 1. The van der Waals surface area contributed by atoms with E-state index in [1.165, 1.54) is 0 Å². The van der Waals surface area contributed by atoms with Crippen LogP contribution in [-0.4, -0.2) is 56.4 Å². The molecule has 2 N–H and O–H groups in total. The second-order valence-electron chi connectivity index (χ2n) is 5.75. The van der Waals surface area contributed by atoms with Crippen molar-refractivity contribution in [1.82, 2.24) is 19.9 Å². The first-order valence-electron chi connectivity index (χ1n) is 7.67. The minimum absolute atomic E-state index is 0.103. The number of pyridine rings is 1. The van der Waals surface area contributed by atoms with Crippen LogP contribution in [0.2, 0.25) is 5.15 Å². The van der Waals surface area contributed by atoms with Crippen molar-refractivity contribution in [2.75, 3.05) is 18.4 Å². The van der Waals surface area contributed by atoms with E-state index in [9.17, 15) is 9.18 Å². The van der Waals surface area contributed by atoms with Crippen molar-refractivity contribution >= 4 is 34.7 Å². The molecular formula is C15H17ClFN5O2. The Morgan fingerprint density at radius 3 is 3.00 bits per heavy atom. The Kier molecular flexibility index (Phi) is 4.66. The number of likely N-dealkylation sites (tertiary alicyclic amines) is 1. The lowest BCUT2D eigenvalue weighted by Crippen LogP contribution is -2.49. The molecule has 0 aromatic carbocycles. The maximum Gasteiger partial charge on any atom is 0.407 e. The number of carbonyl (C=O) groups is 1. The van der Waals surface area contributed by atoms with Gasteiger partial charge in [-0.25, -0.2) is 24.1 Å². The summed E-state index contributed by atoms with van der Waals surface area (Å²) >= 11 is 5.97. The molecule has 9 heteroatoms. The van der Waals surface area contributed by atoms with Gasteiger partial charge in [-0.3, -0.25) is 0 Å². The van der Waals surface area contributed by atoms with Crippen LogP contribution in [0.5, 0.6) is 0 Å². The van der Waals surface area contributed by atoms with Gasteiger partial charge in [0, 0.05) is 19.0 Å². The summed E-state index contributed by atoms with van der Waals surface area (Å²) in [5.41, 5.74) is 2.21. The fraction of sp³-hybridized carbons (Fsp3) is 0.467. The standard InChI is InChI=1S/C15H17ClFN5O2/c1-2-8-3-12(16)20-11-5-18-14(21-13(8)11)19-10-4-9(17)6-22(7-10)15(23)24/h3,5,9-10H,2,4,6-7H2,1H3,(H,23,24)(H,18,19,21)/t9-,10-/m0/s1. The first-order valence-corrected chi connectivity index (χ1v) is 8.04. The van der Waals surface area contributed by atoms with Gasteiger partial charge in [0.15, 0.2) is 0 Å². The molecular weight excluding hydrogens is 337 g/mol. The highest BCUT2D eigenvalue weighted by Crippen LogP contribution is 2.22. The number of hydrogen-bond donors (Lipinski definition) is 2. The van der Waals surface area contributed by atoms with Crippen LogP contribution < -0.4 is 5.32 Å². The van der Waals surface area contributed by atoms with E-state index < -0.39 is 12.3 Å². The van der Waals surface area contributed by atoms with Crippen LogP contribution in [0.4, 0.5) is 15.1 Å². The van der Waals surface area contributed by atoms with Gasteiger partial charge in [-0.1, -0.05) is 18.5 Å². The summed E-state index contributed by atoms with van der Waals surface area (Å²) in [4.78, 5) is 24.9. The van der Waals surface area contributed by atoms with E-state index >= 15 is 0 Å². The molecule has 0 saturated carbocycles. The lowest BCUT2D eigenvalue weighted by atomic mass is 10.0. The van der Waals surface area contributed by atoms with Gasteiger partial charge >= 0.3 is 6.09 Å². The van der Waals surface area contributed by atoms with Crippen LogP contribution in [-0.2, 0) is 6.42 Å². The quantitative estimate of drug-likeness (QED) is 0.824. The monoisotopic (exact) mass is 353 g/mol. The number of halogens is 2. The molecule has 2 atom stereocenters. The van der Waals surface area contributed by atoms with Crippen molar-refractivity contribution in [1.29, 1.82) is 0 Å². The molecule has 1 amide bonds. The molecule has 0 radical (unpaired) electrons. The van der Waals surface area contributed by atoms with Gasteiger partial charge in [0.2, 0.25) is 5.95 Å². The molecule has 0 bridgehead atoms. The van der Waals surface area contributed by atoms with Crippen molar-refractivity contribution in [3.8, 4) is 0 Å². The number of hydrogen-bond acceptors (Lipinski definition) is 5. The number of rotatable bonds is 3. The summed E-state index contributed by atoms with van der Waals surface area (Å²) in [6.45, 7) is 2.07. The predicted octanol–water partition coefficient (Wildman–Crippen LogP) is 2.74. The van der Waals surface area contributed by atoms with Gasteiger partial charge < -0.3 is 15.3 Å². The molecule has 7 nitrogen and oxygen atoms in total. The molecule has 1 fully saturated rings. The summed E-state index contributed by atoms with van der Waals surface area (Å²) in [6, 6.07) is 1.37. The molecule has 1 aliphatic heterocycles. The van der Waals surface area contributed by atoms with Crippen molar-refractivity contribution in [3.63, 3.8) is 0 Å². The van der Waals surface area contributed by atoms with Gasteiger partial charge in [-0.15, -0.1) is 0 Å². The zero-order chi connectivity index (χ0) is 17.3. The number of anilines is 1. The molecule has 3 rings (SSSR count). The van der Waals surface area contributed by atoms with Gasteiger partial charge in [-0.05, 0) is 18.1 Å². The Morgan fingerprint density at radius 2 is 2.29 bits per heavy atom. The van der Waals surface area contributed by atoms with E-state index in [1.54, 1.807) is 12.3 Å². The van der Waals surface area contributed by atoms with E-state index in [2.05, 4.69) is 20.3 Å². The lowest BCUT2D eigenvalue weighted by Gasteiger charge is -2.33. The second kappa shape index (κ2) is 6.72. The van der Waals surface area contributed by atoms with Crippen molar-refractivity contribution in [2.45, 2.75) is 32.0 Å². The molecule has 1 aliphatic rings. The molecule has 2 aromatic heterocycles. The van der Waals surface area contributed by atoms with Crippen LogP contribution in [0.15, 0.2) is 12.3 Å². The van der Waals surface area contributed by atoms with Gasteiger partial charge in [0.05, 0.1) is 18.3 Å². The normalized spacial score (nSPS) is 21.0. The average molecular weight is 354 g/mol. The highest BCUT2D eigenvalue weighted by atomic mass is 35.5. The zero-order valence-corrected chi connectivity index (χ0v) is 13.8. The van der Waals surface area contributed by atoms with Gasteiger partial charge in [0.1, 0.15) is 16.8 Å². The molecule has 24 heavy (non-hydrogen) atoms. The Hall–Kier alpha value is -2.22. The molecule has 0 aliphatic carbocycles. The summed E-state index contributed by atoms with van der Waals surface area (Å²) in [7, 11) is 0. The van der Waals surface area contributed by atoms with Crippen LogP contribution in [0.1, 0.15) is 18.9 Å². The highest BCUT2D eigenvalue weighted by molar-refractivity contribution is 6.29. The highest BCUT2D eigenvalue weighted by Gasteiger charge is 2.30.